The molecule has 1 heteroatoms. The predicted octanol–water partition coefficient (Wildman–Crippen LogP) is 2.79. The maximum Gasteiger partial charge on any atom is 0.0409 e. The van der Waals surface area contributed by atoms with E-state index in [9.17, 15) is 0 Å². The molecule has 2 N–H and O–H groups in total. The molecular weight excluding hydrogens is 182 g/mol. The summed E-state index contributed by atoms with van der Waals surface area (Å²) in [5, 5.41) is 0. The van der Waals surface area contributed by atoms with Crippen molar-refractivity contribution in [1.29, 1.82) is 0 Å². The summed E-state index contributed by atoms with van der Waals surface area (Å²) in [4.78, 5) is 0. The lowest BCUT2D eigenvalue weighted by Crippen LogP contribution is -2.38. The van der Waals surface area contributed by atoms with Crippen molar-refractivity contribution in [2.45, 2.75) is 37.6 Å². The van der Waals surface area contributed by atoms with Gasteiger partial charge in [-0.15, -0.1) is 6.42 Å². The van der Waals surface area contributed by atoms with E-state index in [4.69, 9.17) is 12.2 Å². The zero-order valence-electron chi connectivity index (χ0n) is 9.00. The van der Waals surface area contributed by atoms with Crippen LogP contribution >= 0.6 is 0 Å². The first-order chi connectivity index (χ1) is 7.24. The van der Waals surface area contributed by atoms with Crippen LogP contribution in [0.1, 0.15) is 43.2 Å². The Hall–Kier alpha value is -1.26. The van der Waals surface area contributed by atoms with Crippen LogP contribution in [0.25, 0.3) is 0 Å². The number of hydrogen-bond acceptors (Lipinski definition) is 1. The second kappa shape index (κ2) is 4.08. The van der Waals surface area contributed by atoms with Crippen molar-refractivity contribution in [1.82, 2.24) is 0 Å². The summed E-state index contributed by atoms with van der Waals surface area (Å²) in [6.07, 6.45) is 11.3. The summed E-state index contributed by atoms with van der Waals surface area (Å²) in [6, 6.07) is 8.14. The fourth-order valence-electron chi connectivity index (χ4n) is 2.37. The van der Waals surface area contributed by atoms with Crippen molar-refractivity contribution in [3.8, 4) is 12.3 Å². The molecule has 0 unspecified atom stereocenters. The van der Waals surface area contributed by atoms with Crippen molar-refractivity contribution in [2.75, 3.05) is 0 Å². The highest BCUT2D eigenvalue weighted by molar-refractivity contribution is 5.36. The fraction of sp³-hybridized carbons (Fsp3) is 0.429. The lowest BCUT2D eigenvalue weighted by atomic mass is 9.77. The van der Waals surface area contributed by atoms with Gasteiger partial charge in [0.1, 0.15) is 0 Å². The number of benzene rings is 1. The van der Waals surface area contributed by atoms with E-state index in [1.807, 2.05) is 12.1 Å². The van der Waals surface area contributed by atoms with Gasteiger partial charge < -0.3 is 5.73 Å². The van der Waals surface area contributed by atoms with Gasteiger partial charge in [-0.05, 0) is 30.5 Å². The number of hydrogen-bond donors (Lipinski definition) is 1. The molecule has 0 saturated heterocycles. The van der Waals surface area contributed by atoms with Gasteiger partial charge in [-0.2, -0.15) is 0 Å². The van der Waals surface area contributed by atoms with Gasteiger partial charge >= 0.3 is 0 Å². The third-order valence-corrected chi connectivity index (χ3v) is 3.37. The van der Waals surface area contributed by atoms with Crippen molar-refractivity contribution < 1.29 is 0 Å². The summed E-state index contributed by atoms with van der Waals surface area (Å²) in [6.45, 7) is 0. The van der Waals surface area contributed by atoms with E-state index in [1.165, 1.54) is 24.8 Å². The topological polar surface area (TPSA) is 26.0 Å². The first-order valence-corrected chi connectivity index (χ1v) is 5.61. The molecular formula is C14H17N. The molecule has 0 heterocycles. The van der Waals surface area contributed by atoms with Gasteiger partial charge in [-0.3, -0.25) is 0 Å². The molecule has 1 saturated carbocycles. The minimum absolute atomic E-state index is 0.106. The van der Waals surface area contributed by atoms with Gasteiger partial charge in [-0.25, -0.2) is 0 Å². The second-order valence-corrected chi connectivity index (χ2v) is 4.44. The molecule has 1 nitrogen and oxygen atoms in total. The van der Waals surface area contributed by atoms with Crippen LogP contribution in [0.5, 0.6) is 0 Å². The second-order valence-electron chi connectivity index (χ2n) is 4.44. The highest BCUT2D eigenvalue weighted by Gasteiger charge is 2.28. The van der Waals surface area contributed by atoms with Crippen LogP contribution in [0, 0.1) is 12.3 Å². The van der Waals surface area contributed by atoms with Gasteiger partial charge in [0.2, 0.25) is 0 Å². The lowest BCUT2D eigenvalue weighted by molar-refractivity contribution is 0.302. The van der Waals surface area contributed by atoms with Crippen LogP contribution in [-0.4, -0.2) is 0 Å². The minimum atomic E-state index is -0.106. The molecule has 0 spiro atoms. The van der Waals surface area contributed by atoms with Crippen LogP contribution in [-0.2, 0) is 5.54 Å². The first kappa shape index (κ1) is 10.3. The summed E-state index contributed by atoms with van der Waals surface area (Å²) in [5.74, 6) is 2.63. The van der Waals surface area contributed by atoms with Gasteiger partial charge in [0, 0.05) is 11.1 Å². The molecule has 0 radical (unpaired) electrons. The molecule has 0 amide bonds. The molecule has 2 rings (SSSR count). The van der Waals surface area contributed by atoms with E-state index >= 15 is 0 Å². The molecule has 1 aliphatic rings. The van der Waals surface area contributed by atoms with Gasteiger partial charge in [0.05, 0.1) is 0 Å². The smallest absolute Gasteiger partial charge is 0.0409 e. The van der Waals surface area contributed by atoms with E-state index in [0.717, 1.165) is 18.4 Å². The number of rotatable bonds is 1. The molecule has 1 aromatic carbocycles. The minimum Gasteiger partial charge on any atom is -0.321 e. The van der Waals surface area contributed by atoms with Gasteiger partial charge in [-0.1, -0.05) is 37.3 Å². The monoisotopic (exact) mass is 199 g/mol. The normalized spacial score (nSPS) is 19.5. The van der Waals surface area contributed by atoms with E-state index in [-0.39, 0.29) is 5.54 Å². The Morgan fingerprint density at radius 2 is 1.67 bits per heavy atom. The summed E-state index contributed by atoms with van der Waals surface area (Å²) < 4.78 is 0. The first-order valence-electron chi connectivity index (χ1n) is 5.61. The summed E-state index contributed by atoms with van der Waals surface area (Å²) in [5.41, 5.74) is 8.48. The van der Waals surface area contributed by atoms with Crippen LogP contribution in [0.3, 0.4) is 0 Å². The van der Waals surface area contributed by atoms with Gasteiger partial charge in [0.15, 0.2) is 0 Å². The molecule has 0 atom stereocenters. The summed E-state index contributed by atoms with van der Waals surface area (Å²) in [7, 11) is 0. The zero-order chi connectivity index (χ0) is 10.7. The molecule has 1 aromatic rings. The molecule has 78 valence electrons. The third-order valence-electron chi connectivity index (χ3n) is 3.37. The maximum absolute atomic E-state index is 6.42. The van der Waals surface area contributed by atoms with Crippen LogP contribution in [0.4, 0.5) is 0 Å². The molecule has 0 bridgehead atoms. The third kappa shape index (κ3) is 2.06. The standard InChI is InChI=1S/C14H17N/c1-2-12-6-8-13(9-7-12)14(15)10-4-3-5-11-14/h1,6-9H,3-5,10-11,15H2. The SMILES string of the molecule is C#Cc1ccc(C2(N)CCCCC2)cc1. The lowest BCUT2D eigenvalue weighted by Gasteiger charge is -2.34. The van der Waals surface area contributed by atoms with Gasteiger partial charge in [0.25, 0.3) is 0 Å². The largest absolute Gasteiger partial charge is 0.321 e. The van der Waals surface area contributed by atoms with Crippen molar-refractivity contribution >= 4 is 0 Å². The number of terminal acetylenes is 1. The van der Waals surface area contributed by atoms with Crippen LogP contribution < -0.4 is 5.73 Å². The molecule has 15 heavy (non-hydrogen) atoms. The number of nitrogens with two attached hydrogens (primary N) is 1. The Kier molecular flexibility index (Phi) is 2.79. The van der Waals surface area contributed by atoms with Crippen LogP contribution in [0.15, 0.2) is 24.3 Å². The quantitative estimate of drug-likeness (QED) is 0.691. The highest BCUT2D eigenvalue weighted by atomic mass is 14.7. The average molecular weight is 199 g/mol. The van der Waals surface area contributed by atoms with E-state index in [1.54, 1.807) is 0 Å². The van der Waals surface area contributed by atoms with E-state index in [2.05, 4.69) is 18.1 Å². The average Bonchev–Trinajstić information content (AvgIpc) is 2.30. The predicted molar refractivity (Wildman–Crippen MR) is 63.3 cm³/mol. The van der Waals surface area contributed by atoms with Crippen molar-refractivity contribution in [3.05, 3.63) is 35.4 Å². The van der Waals surface area contributed by atoms with Crippen molar-refractivity contribution in [3.63, 3.8) is 0 Å². The maximum atomic E-state index is 6.42. The van der Waals surface area contributed by atoms with E-state index in [0.29, 0.717) is 0 Å². The Bertz CT molecular complexity index is 363. The summed E-state index contributed by atoms with van der Waals surface area (Å²) >= 11 is 0. The Balaban J connectivity index is 2.24. The molecule has 1 fully saturated rings. The fourth-order valence-corrected chi connectivity index (χ4v) is 2.37. The molecule has 0 aromatic heterocycles. The highest BCUT2D eigenvalue weighted by Crippen LogP contribution is 2.34. The Morgan fingerprint density at radius 1 is 1.07 bits per heavy atom. The molecule has 0 aliphatic heterocycles. The molecule has 1 aliphatic carbocycles. The Labute approximate surface area is 91.7 Å². The van der Waals surface area contributed by atoms with E-state index < -0.39 is 0 Å². The Morgan fingerprint density at radius 3 is 2.20 bits per heavy atom. The zero-order valence-corrected chi connectivity index (χ0v) is 9.00. The van der Waals surface area contributed by atoms with Crippen LogP contribution in [0.2, 0.25) is 0 Å². The van der Waals surface area contributed by atoms with Crippen molar-refractivity contribution in [2.24, 2.45) is 5.73 Å².